The lowest BCUT2D eigenvalue weighted by molar-refractivity contribution is 0.0704. The molecule has 0 aromatic heterocycles. The van der Waals surface area contributed by atoms with Crippen LogP contribution in [-0.4, -0.2) is 75.0 Å². The van der Waals surface area contributed by atoms with E-state index in [1.54, 1.807) is 13.2 Å². The van der Waals surface area contributed by atoms with Crippen molar-refractivity contribution in [2.24, 2.45) is 0 Å². The molecule has 2 aromatic carbocycles. The van der Waals surface area contributed by atoms with Gasteiger partial charge in [0.25, 0.3) is 0 Å². The molecular formula is C22H31NO6. The molecule has 0 heterocycles. The van der Waals surface area contributed by atoms with Crippen LogP contribution in [0.3, 0.4) is 0 Å². The normalized spacial score (nSPS) is 12.0. The number of hydrogen-bond acceptors (Lipinski definition) is 7. The van der Waals surface area contributed by atoms with Crippen LogP contribution < -0.4 is 14.2 Å². The molecule has 0 amide bonds. The van der Waals surface area contributed by atoms with Crippen LogP contribution in [0.15, 0.2) is 48.5 Å². The molecule has 0 aliphatic heterocycles. The molecule has 7 nitrogen and oxygen atoms in total. The molecule has 1 atom stereocenters. The van der Waals surface area contributed by atoms with E-state index < -0.39 is 6.10 Å². The van der Waals surface area contributed by atoms with E-state index in [0.717, 1.165) is 17.1 Å². The van der Waals surface area contributed by atoms with Gasteiger partial charge in [-0.25, -0.2) is 0 Å². The van der Waals surface area contributed by atoms with E-state index in [4.69, 9.17) is 24.1 Å². The predicted octanol–water partition coefficient (Wildman–Crippen LogP) is 1.95. The van der Waals surface area contributed by atoms with E-state index in [9.17, 15) is 5.11 Å². The Hall–Kier alpha value is -2.32. The van der Waals surface area contributed by atoms with Crippen molar-refractivity contribution in [2.45, 2.75) is 12.6 Å². The highest BCUT2D eigenvalue weighted by atomic mass is 16.5. The van der Waals surface area contributed by atoms with Crippen molar-refractivity contribution in [2.75, 3.05) is 53.7 Å². The molecule has 0 saturated carbocycles. The second-order valence-corrected chi connectivity index (χ2v) is 6.67. The number of ether oxygens (including phenoxy) is 4. The maximum absolute atomic E-state index is 10.2. The van der Waals surface area contributed by atoms with E-state index in [1.165, 1.54) is 0 Å². The average molecular weight is 405 g/mol. The van der Waals surface area contributed by atoms with Gasteiger partial charge in [0.15, 0.2) is 0 Å². The number of rotatable bonds is 14. The van der Waals surface area contributed by atoms with Gasteiger partial charge in [-0.1, -0.05) is 18.2 Å². The van der Waals surface area contributed by atoms with Crippen LogP contribution in [0.5, 0.6) is 17.2 Å². The highest BCUT2D eigenvalue weighted by Crippen LogP contribution is 2.19. The summed E-state index contributed by atoms with van der Waals surface area (Å²) in [5, 5.41) is 18.9. The quantitative estimate of drug-likeness (QED) is 0.465. The minimum Gasteiger partial charge on any atom is -0.497 e. The zero-order valence-corrected chi connectivity index (χ0v) is 17.1. The van der Waals surface area contributed by atoms with Crippen molar-refractivity contribution in [3.8, 4) is 17.2 Å². The summed E-state index contributed by atoms with van der Waals surface area (Å²) in [6, 6.07) is 15.1. The molecule has 7 heteroatoms. The van der Waals surface area contributed by atoms with Gasteiger partial charge in [0, 0.05) is 19.2 Å². The number of likely N-dealkylation sites (N-methyl/N-ethyl adjacent to an activating group) is 1. The fraction of sp³-hybridized carbons (Fsp3) is 0.455. The van der Waals surface area contributed by atoms with Gasteiger partial charge in [-0.2, -0.15) is 0 Å². The molecular weight excluding hydrogens is 374 g/mol. The van der Waals surface area contributed by atoms with Gasteiger partial charge in [0.2, 0.25) is 0 Å². The van der Waals surface area contributed by atoms with E-state index in [-0.39, 0.29) is 13.2 Å². The summed E-state index contributed by atoms with van der Waals surface area (Å²) in [4.78, 5) is 2.04. The third-order valence-electron chi connectivity index (χ3n) is 4.11. The number of aliphatic hydroxyl groups is 2. The molecule has 0 bridgehead atoms. The highest BCUT2D eigenvalue weighted by molar-refractivity contribution is 5.32. The van der Waals surface area contributed by atoms with Gasteiger partial charge in [0.05, 0.1) is 26.9 Å². The van der Waals surface area contributed by atoms with Crippen LogP contribution in [0, 0.1) is 0 Å². The topological polar surface area (TPSA) is 80.6 Å². The first-order chi connectivity index (χ1) is 14.1. The third-order valence-corrected chi connectivity index (χ3v) is 4.11. The SMILES string of the molecule is COc1cccc(OC[C@@H](O)CN(C)Cc2ccc(OCCOCCO)cc2)c1. The first kappa shape index (κ1) is 23.0. The van der Waals surface area contributed by atoms with Crippen LogP contribution in [-0.2, 0) is 11.3 Å². The highest BCUT2D eigenvalue weighted by Gasteiger charge is 2.10. The number of hydrogen-bond donors (Lipinski definition) is 2. The summed E-state index contributed by atoms with van der Waals surface area (Å²) in [6.07, 6.45) is -0.604. The number of aliphatic hydroxyl groups excluding tert-OH is 2. The van der Waals surface area contributed by atoms with Gasteiger partial charge < -0.3 is 29.2 Å². The van der Waals surface area contributed by atoms with Crippen LogP contribution in [0.1, 0.15) is 5.56 Å². The van der Waals surface area contributed by atoms with E-state index in [2.05, 4.69) is 0 Å². The molecule has 2 N–H and O–H groups in total. The summed E-state index contributed by atoms with van der Waals surface area (Å²) in [5.74, 6) is 2.17. The molecule has 0 saturated heterocycles. The minimum absolute atomic E-state index is 0.0179. The molecule has 2 aromatic rings. The maximum Gasteiger partial charge on any atom is 0.123 e. The Morgan fingerprint density at radius 2 is 1.69 bits per heavy atom. The average Bonchev–Trinajstić information content (AvgIpc) is 2.73. The second-order valence-electron chi connectivity index (χ2n) is 6.67. The smallest absolute Gasteiger partial charge is 0.123 e. The molecule has 2 rings (SSSR count). The fourth-order valence-corrected chi connectivity index (χ4v) is 2.75. The first-order valence-electron chi connectivity index (χ1n) is 9.64. The molecule has 0 aliphatic carbocycles. The Morgan fingerprint density at radius 1 is 0.931 bits per heavy atom. The van der Waals surface area contributed by atoms with Gasteiger partial charge in [-0.3, -0.25) is 4.90 Å². The maximum atomic E-state index is 10.2. The minimum atomic E-state index is -0.604. The van der Waals surface area contributed by atoms with Gasteiger partial charge >= 0.3 is 0 Å². The molecule has 0 unspecified atom stereocenters. The summed E-state index contributed by atoms with van der Waals surface area (Å²) in [5.41, 5.74) is 1.12. The van der Waals surface area contributed by atoms with E-state index >= 15 is 0 Å². The van der Waals surface area contributed by atoms with E-state index in [0.29, 0.717) is 38.7 Å². The van der Waals surface area contributed by atoms with Crippen molar-refractivity contribution in [3.05, 3.63) is 54.1 Å². The Kier molecular flexibility index (Phi) is 10.3. The van der Waals surface area contributed by atoms with Gasteiger partial charge in [0.1, 0.15) is 36.6 Å². The first-order valence-corrected chi connectivity index (χ1v) is 9.64. The largest absolute Gasteiger partial charge is 0.497 e. The van der Waals surface area contributed by atoms with Gasteiger partial charge in [-0.05, 0) is 36.9 Å². The summed E-state index contributed by atoms with van der Waals surface area (Å²) >= 11 is 0. The van der Waals surface area contributed by atoms with Crippen LogP contribution in [0.2, 0.25) is 0 Å². The monoisotopic (exact) mass is 405 g/mol. The van der Waals surface area contributed by atoms with Crippen molar-refractivity contribution in [3.63, 3.8) is 0 Å². The van der Waals surface area contributed by atoms with Gasteiger partial charge in [-0.15, -0.1) is 0 Å². The van der Waals surface area contributed by atoms with Crippen molar-refractivity contribution in [1.82, 2.24) is 4.90 Å². The fourth-order valence-electron chi connectivity index (χ4n) is 2.75. The van der Waals surface area contributed by atoms with Crippen LogP contribution in [0.4, 0.5) is 0 Å². The zero-order valence-electron chi connectivity index (χ0n) is 17.1. The second kappa shape index (κ2) is 13.0. The molecule has 0 spiro atoms. The molecule has 160 valence electrons. The summed E-state index contributed by atoms with van der Waals surface area (Å²) in [6.45, 7) is 2.64. The number of nitrogens with zero attached hydrogens (tertiary/aromatic N) is 1. The van der Waals surface area contributed by atoms with Crippen LogP contribution >= 0.6 is 0 Å². The molecule has 29 heavy (non-hydrogen) atoms. The lowest BCUT2D eigenvalue weighted by atomic mass is 10.2. The van der Waals surface area contributed by atoms with Crippen molar-refractivity contribution < 1.29 is 29.2 Å². The lowest BCUT2D eigenvalue weighted by Gasteiger charge is -2.21. The molecule has 0 fully saturated rings. The van der Waals surface area contributed by atoms with E-state index in [1.807, 2.05) is 54.4 Å². The van der Waals surface area contributed by atoms with Crippen molar-refractivity contribution in [1.29, 1.82) is 0 Å². The summed E-state index contributed by atoms with van der Waals surface area (Å²) in [7, 11) is 3.56. The summed E-state index contributed by atoms with van der Waals surface area (Å²) < 4.78 is 21.5. The third kappa shape index (κ3) is 9.15. The Bertz CT molecular complexity index is 694. The Balaban J connectivity index is 1.68. The van der Waals surface area contributed by atoms with Crippen LogP contribution in [0.25, 0.3) is 0 Å². The number of methoxy groups -OCH3 is 1. The molecule has 0 aliphatic rings. The Labute approximate surface area is 172 Å². The molecule has 0 radical (unpaired) electrons. The zero-order chi connectivity index (χ0) is 20.9. The standard InChI is InChI=1S/C22H31NO6/c1-23(16-19(25)17-29-22-5-3-4-21(14-22)26-2)15-18-6-8-20(9-7-18)28-13-12-27-11-10-24/h3-9,14,19,24-25H,10-13,15-17H2,1-2H3/t19-/m0/s1. The Morgan fingerprint density at radius 3 is 2.41 bits per heavy atom. The predicted molar refractivity (Wildman–Crippen MR) is 111 cm³/mol. The van der Waals surface area contributed by atoms with Crippen molar-refractivity contribution >= 4 is 0 Å². The lowest BCUT2D eigenvalue weighted by Crippen LogP contribution is -2.32. The number of benzene rings is 2.